The Labute approximate surface area is 195 Å². The van der Waals surface area contributed by atoms with Crippen LogP contribution in [-0.2, 0) is 26.2 Å². The molecule has 1 atom stereocenters. The average molecular weight is 480 g/mol. The third-order valence-corrected chi connectivity index (χ3v) is 6.56. The van der Waals surface area contributed by atoms with Gasteiger partial charge in [-0.15, -0.1) is 0 Å². The Bertz CT molecular complexity index is 1040. The normalized spacial score (nSPS) is 12.2. The highest BCUT2D eigenvalue weighted by Gasteiger charge is 2.26. The van der Waals surface area contributed by atoms with Gasteiger partial charge >= 0.3 is 0 Å². The van der Waals surface area contributed by atoms with Gasteiger partial charge in [-0.2, -0.15) is 0 Å². The van der Waals surface area contributed by atoms with E-state index in [0.717, 1.165) is 17.4 Å². The molecule has 0 bridgehead atoms. The fourth-order valence-corrected chi connectivity index (χ4v) is 4.50. The summed E-state index contributed by atoms with van der Waals surface area (Å²) in [7, 11) is -2.00. The lowest BCUT2D eigenvalue weighted by Gasteiger charge is -2.29. The fourth-order valence-electron chi connectivity index (χ4n) is 3.41. The van der Waals surface area contributed by atoms with Crippen molar-refractivity contribution < 1.29 is 18.0 Å². The second-order valence-electron chi connectivity index (χ2n) is 7.72. The van der Waals surface area contributed by atoms with Gasteiger partial charge in [-0.05, 0) is 50.1 Å². The van der Waals surface area contributed by atoms with Crippen LogP contribution in [0.5, 0.6) is 0 Å². The second-order valence-corrected chi connectivity index (χ2v) is 10.1. The van der Waals surface area contributed by atoms with Crippen LogP contribution in [-0.4, -0.2) is 51.0 Å². The van der Waals surface area contributed by atoms with E-state index in [4.69, 9.17) is 11.6 Å². The van der Waals surface area contributed by atoms with Crippen LogP contribution in [0.25, 0.3) is 0 Å². The van der Waals surface area contributed by atoms with Crippen molar-refractivity contribution in [2.75, 3.05) is 24.2 Å². The van der Waals surface area contributed by atoms with E-state index in [-0.39, 0.29) is 24.8 Å². The zero-order chi connectivity index (χ0) is 23.9. The zero-order valence-electron chi connectivity index (χ0n) is 18.8. The first-order valence-electron chi connectivity index (χ1n) is 10.3. The number of sulfonamides is 1. The molecule has 0 aliphatic rings. The first-order valence-corrected chi connectivity index (χ1v) is 12.6. The number of nitrogens with one attached hydrogen (secondary N) is 1. The molecule has 1 N–H and O–H groups in total. The van der Waals surface area contributed by atoms with E-state index in [0.29, 0.717) is 23.7 Å². The second kappa shape index (κ2) is 11.3. The van der Waals surface area contributed by atoms with Crippen molar-refractivity contribution in [1.29, 1.82) is 0 Å². The Hall–Kier alpha value is -2.58. The summed E-state index contributed by atoms with van der Waals surface area (Å²) in [6, 6.07) is 13.6. The number of halogens is 1. The van der Waals surface area contributed by atoms with Gasteiger partial charge in [0.15, 0.2) is 0 Å². The molecule has 2 amide bonds. The predicted octanol–water partition coefficient (Wildman–Crippen LogP) is 3.36. The van der Waals surface area contributed by atoms with Crippen molar-refractivity contribution in [1.82, 2.24) is 10.2 Å². The summed E-state index contributed by atoms with van der Waals surface area (Å²) in [5.41, 5.74) is 2.47. The van der Waals surface area contributed by atoms with E-state index >= 15 is 0 Å². The minimum Gasteiger partial charge on any atom is -0.357 e. The first kappa shape index (κ1) is 25.7. The number of aryl methyl sites for hydroxylation is 1. The van der Waals surface area contributed by atoms with E-state index in [1.54, 1.807) is 31.2 Å². The molecule has 0 aromatic heterocycles. The van der Waals surface area contributed by atoms with Crippen LogP contribution >= 0.6 is 11.6 Å². The van der Waals surface area contributed by atoms with Gasteiger partial charge in [0.2, 0.25) is 21.8 Å². The van der Waals surface area contributed by atoms with Crippen molar-refractivity contribution in [3.8, 4) is 0 Å². The van der Waals surface area contributed by atoms with Crippen LogP contribution in [0, 0.1) is 6.92 Å². The summed E-state index contributed by atoms with van der Waals surface area (Å²) in [6.45, 7) is 4.08. The number of carbonyl (C=O) groups excluding carboxylic acids is 2. The summed E-state index contributed by atoms with van der Waals surface area (Å²) < 4.78 is 25.8. The minimum atomic E-state index is -3.53. The predicted molar refractivity (Wildman–Crippen MR) is 128 cm³/mol. The summed E-state index contributed by atoms with van der Waals surface area (Å²) in [4.78, 5) is 26.8. The molecular weight excluding hydrogens is 450 g/mol. The molecule has 2 aromatic rings. The Balaban J connectivity index is 2.13. The molecule has 174 valence electrons. The van der Waals surface area contributed by atoms with Gasteiger partial charge in [0, 0.05) is 31.6 Å². The number of rotatable bonds is 10. The maximum atomic E-state index is 13.1. The van der Waals surface area contributed by atoms with Crippen LogP contribution in [0.15, 0.2) is 48.5 Å². The fraction of sp³-hybridized carbons (Fsp3) is 0.391. The minimum absolute atomic E-state index is 0.104. The molecule has 0 saturated carbocycles. The Morgan fingerprint density at radius 2 is 1.78 bits per heavy atom. The van der Waals surface area contributed by atoms with Crippen molar-refractivity contribution in [3.63, 3.8) is 0 Å². The van der Waals surface area contributed by atoms with E-state index < -0.39 is 16.1 Å². The number of amides is 2. The van der Waals surface area contributed by atoms with E-state index in [9.17, 15) is 18.0 Å². The van der Waals surface area contributed by atoms with Crippen molar-refractivity contribution >= 4 is 39.1 Å². The molecular formula is C23H30ClN3O4S. The summed E-state index contributed by atoms with van der Waals surface area (Å²) in [6.07, 6.45) is 1.53. The molecule has 0 fully saturated rings. The molecule has 2 rings (SSSR count). The van der Waals surface area contributed by atoms with Gasteiger partial charge in [-0.25, -0.2) is 8.42 Å². The number of likely N-dealkylation sites (N-methyl/N-ethyl adjacent to an activating group) is 1. The Kier molecular flexibility index (Phi) is 9.09. The number of benzene rings is 2. The number of carbonyl (C=O) groups is 2. The number of hydrogen-bond donors (Lipinski definition) is 1. The highest BCUT2D eigenvalue weighted by atomic mass is 35.5. The van der Waals surface area contributed by atoms with Crippen LogP contribution < -0.4 is 9.62 Å². The smallest absolute Gasteiger partial charge is 0.242 e. The molecule has 0 aliphatic heterocycles. The average Bonchev–Trinajstić information content (AvgIpc) is 2.74. The molecule has 1 unspecified atom stereocenters. The van der Waals surface area contributed by atoms with Crippen LogP contribution in [0.3, 0.4) is 0 Å². The standard InChI is InChI=1S/C23H30ClN3O4S/c1-17-7-5-8-19(15-17)16-26(18(2)23(29)25-3)22(28)9-6-14-27(32(4,30)31)21-12-10-20(24)11-13-21/h5,7-8,10-13,15,18H,6,9,14,16H2,1-4H3,(H,25,29). The first-order chi connectivity index (χ1) is 15.0. The van der Waals surface area contributed by atoms with Gasteiger partial charge in [-0.3, -0.25) is 13.9 Å². The lowest BCUT2D eigenvalue weighted by atomic mass is 10.1. The highest BCUT2D eigenvalue weighted by molar-refractivity contribution is 7.92. The molecule has 0 heterocycles. The summed E-state index contributed by atoms with van der Waals surface area (Å²) in [5.74, 6) is -0.475. The SMILES string of the molecule is CNC(=O)C(C)N(Cc1cccc(C)c1)C(=O)CCCN(c1ccc(Cl)cc1)S(C)(=O)=O. The quantitative estimate of drug-likeness (QED) is 0.566. The van der Waals surface area contributed by atoms with Gasteiger partial charge in [0.05, 0.1) is 11.9 Å². The summed E-state index contributed by atoms with van der Waals surface area (Å²) >= 11 is 5.90. The lowest BCUT2D eigenvalue weighted by Crippen LogP contribution is -2.46. The van der Waals surface area contributed by atoms with E-state index in [1.165, 1.54) is 16.3 Å². The molecule has 2 aromatic carbocycles. The topological polar surface area (TPSA) is 86.8 Å². The van der Waals surface area contributed by atoms with Crippen LogP contribution in [0.1, 0.15) is 30.9 Å². The maximum Gasteiger partial charge on any atom is 0.242 e. The van der Waals surface area contributed by atoms with Gasteiger partial charge in [-0.1, -0.05) is 41.4 Å². The van der Waals surface area contributed by atoms with Gasteiger partial charge in [0.25, 0.3) is 0 Å². The Morgan fingerprint density at radius 3 is 2.34 bits per heavy atom. The highest BCUT2D eigenvalue weighted by Crippen LogP contribution is 2.21. The number of anilines is 1. The summed E-state index contributed by atoms with van der Waals surface area (Å²) in [5, 5.41) is 3.09. The van der Waals surface area contributed by atoms with Gasteiger partial charge in [0.1, 0.15) is 6.04 Å². The molecule has 0 saturated heterocycles. The number of nitrogens with zero attached hydrogens (tertiary/aromatic N) is 2. The zero-order valence-corrected chi connectivity index (χ0v) is 20.4. The molecule has 7 nitrogen and oxygen atoms in total. The van der Waals surface area contributed by atoms with Crippen LogP contribution in [0.2, 0.25) is 5.02 Å². The largest absolute Gasteiger partial charge is 0.357 e. The molecule has 9 heteroatoms. The maximum absolute atomic E-state index is 13.1. The monoisotopic (exact) mass is 479 g/mol. The molecule has 0 aliphatic carbocycles. The van der Waals surface area contributed by atoms with Gasteiger partial charge < -0.3 is 10.2 Å². The van der Waals surface area contributed by atoms with Crippen molar-refractivity contribution in [3.05, 3.63) is 64.7 Å². The van der Waals surface area contributed by atoms with E-state index in [1.807, 2.05) is 31.2 Å². The Morgan fingerprint density at radius 1 is 1.12 bits per heavy atom. The molecule has 0 spiro atoms. The van der Waals surface area contributed by atoms with Crippen molar-refractivity contribution in [2.24, 2.45) is 0 Å². The van der Waals surface area contributed by atoms with Crippen molar-refractivity contribution in [2.45, 2.75) is 39.3 Å². The lowest BCUT2D eigenvalue weighted by molar-refractivity contribution is -0.140. The molecule has 0 radical (unpaired) electrons. The number of hydrogen-bond acceptors (Lipinski definition) is 4. The van der Waals surface area contributed by atoms with E-state index in [2.05, 4.69) is 5.32 Å². The molecule has 32 heavy (non-hydrogen) atoms. The van der Waals surface area contributed by atoms with Crippen LogP contribution in [0.4, 0.5) is 5.69 Å². The third-order valence-electron chi connectivity index (χ3n) is 5.12. The third kappa shape index (κ3) is 7.24.